The Balaban J connectivity index is 2.10. The van der Waals surface area contributed by atoms with Crippen LogP contribution in [0.15, 0.2) is 72.8 Å². The molecule has 39 heavy (non-hydrogen) atoms. The summed E-state index contributed by atoms with van der Waals surface area (Å²) in [6.07, 6.45) is 1.07. The summed E-state index contributed by atoms with van der Waals surface area (Å²) in [5.41, 5.74) is 1.17. The third-order valence-electron chi connectivity index (χ3n) is 5.87. The highest BCUT2D eigenvalue weighted by atomic mass is 35.5. The number of nitrogens with zero attached hydrogens (tertiary/aromatic N) is 2. The summed E-state index contributed by atoms with van der Waals surface area (Å²) in [6.45, 7) is 2.75. The average molecular weight is 595 g/mol. The quantitative estimate of drug-likeness (QED) is 0.336. The van der Waals surface area contributed by atoms with E-state index in [4.69, 9.17) is 23.2 Å². The molecule has 0 bridgehead atoms. The van der Waals surface area contributed by atoms with E-state index in [-0.39, 0.29) is 34.7 Å². The molecule has 0 saturated heterocycles. The molecule has 7 nitrogen and oxygen atoms in total. The second-order valence-electron chi connectivity index (χ2n) is 9.34. The van der Waals surface area contributed by atoms with Crippen molar-refractivity contribution < 1.29 is 22.4 Å². The third-order valence-corrected chi connectivity index (χ3v) is 7.72. The van der Waals surface area contributed by atoms with E-state index < -0.39 is 40.2 Å². The van der Waals surface area contributed by atoms with Crippen molar-refractivity contribution in [1.82, 2.24) is 10.2 Å². The molecule has 0 spiro atoms. The summed E-state index contributed by atoms with van der Waals surface area (Å²) < 4.78 is 40.2. The summed E-state index contributed by atoms with van der Waals surface area (Å²) in [5.74, 6) is -1.78. The van der Waals surface area contributed by atoms with Crippen LogP contribution in [0.5, 0.6) is 0 Å². The van der Waals surface area contributed by atoms with E-state index in [1.165, 1.54) is 23.1 Å². The van der Waals surface area contributed by atoms with Gasteiger partial charge in [0.1, 0.15) is 18.4 Å². The van der Waals surface area contributed by atoms with Gasteiger partial charge < -0.3 is 10.2 Å². The predicted molar refractivity (Wildman–Crippen MR) is 153 cm³/mol. The first-order chi connectivity index (χ1) is 18.4. The van der Waals surface area contributed by atoms with Crippen molar-refractivity contribution in [3.63, 3.8) is 0 Å². The Morgan fingerprint density at radius 1 is 0.949 bits per heavy atom. The average Bonchev–Trinajstić information content (AvgIpc) is 2.85. The van der Waals surface area contributed by atoms with Crippen LogP contribution in [-0.4, -0.2) is 50.0 Å². The van der Waals surface area contributed by atoms with Crippen LogP contribution in [0.25, 0.3) is 0 Å². The molecule has 0 unspecified atom stereocenters. The second kappa shape index (κ2) is 13.3. The maximum Gasteiger partial charge on any atom is 0.244 e. The minimum atomic E-state index is -4.01. The molecule has 0 heterocycles. The van der Waals surface area contributed by atoms with E-state index in [2.05, 4.69) is 5.32 Å². The van der Waals surface area contributed by atoms with Crippen molar-refractivity contribution in [3.8, 4) is 0 Å². The molecular weight excluding hydrogens is 564 g/mol. The summed E-state index contributed by atoms with van der Waals surface area (Å²) in [7, 11) is -4.01. The maximum atomic E-state index is 14.0. The van der Waals surface area contributed by atoms with Gasteiger partial charge in [-0.05, 0) is 49.7 Å². The Bertz CT molecular complexity index is 1400. The van der Waals surface area contributed by atoms with Crippen LogP contribution in [0.2, 0.25) is 10.0 Å². The monoisotopic (exact) mass is 593 g/mol. The first kappa shape index (κ1) is 30.4. The number of nitrogens with one attached hydrogen (secondary N) is 1. The van der Waals surface area contributed by atoms with Crippen LogP contribution in [0.4, 0.5) is 10.1 Å². The minimum absolute atomic E-state index is 0.0205. The van der Waals surface area contributed by atoms with E-state index in [9.17, 15) is 22.4 Å². The second-order valence-corrected chi connectivity index (χ2v) is 12.1. The fraction of sp³-hybridized carbons (Fsp3) is 0.286. The maximum absolute atomic E-state index is 14.0. The Labute approximate surface area is 238 Å². The molecule has 0 aliphatic rings. The number of carbonyl (C=O) groups is 2. The number of benzene rings is 3. The zero-order valence-electron chi connectivity index (χ0n) is 21.8. The fourth-order valence-electron chi connectivity index (χ4n) is 4.03. The van der Waals surface area contributed by atoms with Crippen molar-refractivity contribution in [2.45, 2.75) is 38.9 Å². The molecule has 0 saturated carbocycles. The molecule has 1 atom stereocenters. The lowest BCUT2D eigenvalue weighted by atomic mass is 10.0. The molecule has 3 aromatic rings. The zero-order chi connectivity index (χ0) is 28.7. The van der Waals surface area contributed by atoms with Crippen molar-refractivity contribution in [2.75, 3.05) is 17.1 Å². The van der Waals surface area contributed by atoms with Gasteiger partial charge >= 0.3 is 0 Å². The number of halogens is 3. The van der Waals surface area contributed by atoms with Gasteiger partial charge in [-0.15, -0.1) is 0 Å². The number of amides is 2. The van der Waals surface area contributed by atoms with Crippen molar-refractivity contribution in [3.05, 3.63) is 99.8 Å². The van der Waals surface area contributed by atoms with E-state index in [0.717, 1.165) is 22.2 Å². The lowest BCUT2D eigenvalue weighted by Gasteiger charge is -2.34. The number of anilines is 1. The Morgan fingerprint density at radius 3 is 2.13 bits per heavy atom. The highest BCUT2D eigenvalue weighted by Crippen LogP contribution is 2.28. The van der Waals surface area contributed by atoms with Crippen molar-refractivity contribution >= 4 is 50.7 Å². The standard InChI is InChI=1S/C28H30Cl2FN3O4S/c1-19(2)32-28(36)26(15-20-9-5-4-6-10-20)33(17-23-24(29)13-8-14-25(23)30)27(35)18-34(39(3,37)38)22-12-7-11-21(31)16-22/h4-14,16,19,26H,15,17-18H2,1-3H3,(H,32,36)/t26-/m0/s1. The SMILES string of the molecule is CC(C)NC(=O)[C@H](Cc1ccccc1)N(Cc1c(Cl)cccc1Cl)C(=O)CN(c1cccc(F)c1)S(C)(=O)=O. The van der Waals surface area contributed by atoms with Crippen LogP contribution in [0.3, 0.4) is 0 Å². The zero-order valence-corrected chi connectivity index (χ0v) is 24.1. The van der Waals surface area contributed by atoms with E-state index in [0.29, 0.717) is 5.56 Å². The van der Waals surface area contributed by atoms with Gasteiger partial charge in [0, 0.05) is 34.6 Å². The van der Waals surface area contributed by atoms with Gasteiger partial charge in [0.05, 0.1) is 11.9 Å². The smallest absolute Gasteiger partial charge is 0.244 e. The number of hydrogen-bond acceptors (Lipinski definition) is 4. The van der Waals surface area contributed by atoms with Gasteiger partial charge in [-0.25, -0.2) is 12.8 Å². The van der Waals surface area contributed by atoms with E-state index in [1.54, 1.807) is 32.0 Å². The van der Waals surface area contributed by atoms with Gasteiger partial charge in [0.25, 0.3) is 0 Å². The molecule has 0 aliphatic carbocycles. The van der Waals surface area contributed by atoms with Crippen molar-refractivity contribution in [1.29, 1.82) is 0 Å². The highest BCUT2D eigenvalue weighted by Gasteiger charge is 2.34. The Hall–Kier alpha value is -3.14. The lowest BCUT2D eigenvalue weighted by Crippen LogP contribution is -2.54. The molecule has 0 fully saturated rings. The molecule has 11 heteroatoms. The Kier molecular flexibility index (Phi) is 10.4. The first-order valence-electron chi connectivity index (χ1n) is 12.2. The normalized spacial score (nSPS) is 12.2. The molecule has 1 N–H and O–H groups in total. The highest BCUT2D eigenvalue weighted by molar-refractivity contribution is 7.92. The number of rotatable bonds is 11. The van der Waals surface area contributed by atoms with Crippen LogP contribution >= 0.6 is 23.2 Å². The third kappa shape index (κ3) is 8.42. The van der Waals surface area contributed by atoms with Gasteiger partial charge in [-0.3, -0.25) is 13.9 Å². The topological polar surface area (TPSA) is 86.8 Å². The van der Waals surface area contributed by atoms with Crippen LogP contribution in [0, 0.1) is 5.82 Å². The van der Waals surface area contributed by atoms with Gasteiger partial charge in [-0.2, -0.15) is 0 Å². The predicted octanol–water partition coefficient (Wildman–Crippen LogP) is 5.06. The summed E-state index contributed by atoms with van der Waals surface area (Å²) in [5, 5.41) is 3.43. The molecule has 3 aromatic carbocycles. The summed E-state index contributed by atoms with van der Waals surface area (Å²) in [4.78, 5) is 28.7. The van der Waals surface area contributed by atoms with Crippen molar-refractivity contribution in [2.24, 2.45) is 0 Å². The summed E-state index contributed by atoms with van der Waals surface area (Å²) in [6, 6.07) is 17.7. The largest absolute Gasteiger partial charge is 0.352 e. The minimum Gasteiger partial charge on any atom is -0.352 e. The molecular formula is C28H30Cl2FN3O4S. The van der Waals surface area contributed by atoms with Gasteiger partial charge in [0.15, 0.2) is 0 Å². The van der Waals surface area contributed by atoms with E-state index >= 15 is 0 Å². The van der Waals surface area contributed by atoms with E-state index in [1.807, 2.05) is 30.3 Å². The summed E-state index contributed by atoms with van der Waals surface area (Å²) >= 11 is 12.9. The fourth-order valence-corrected chi connectivity index (χ4v) is 5.39. The molecule has 0 aliphatic heterocycles. The molecule has 3 rings (SSSR count). The molecule has 2 amide bonds. The van der Waals surface area contributed by atoms with Crippen LogP contribution in [-0.2, 0) is 32.6 Å². The molecule has 208 valence electrons. The molecule has 0 aromatic heterocycles. The van der Waals surface area contributed by atoms with Crippen LogP contribution < -0.4 is 9.62 Å². The number of sulfonamides is 1. The Morgan fingerprint density at radius 2 is 1.56 bits per heavy atom. The number of carbonyl (C=O) groups excluding carboxylic acids is 2. The number of hydrogen-bond donors (Lipinski definition) is 1. The van der Waals surface area contributed by atoms with Gasteiger partial charge in [0.2, 0.25) is 21.8 Å². The first-order valence-corrected chi connectivity index (χ1v) is 14.8. The van der Waals surface area contributed by atoms with Gasteiger partial charge in [-0.1, -0.05) is 65.7 Å². The van der Waals surface area contributed by atoms with Crippen LogP contribution in [0.1, 0.15) is 25.0 Å². The molecule has 0 radical (unpaired) electrons. The lowest BCUT2D eigenvalue weighted by molar-refractivity contribution is -0.140.